The Morgan fingerprint density at radius 1 is 1.04 bits per heavy atom. The van der Waals surface area contributed by atoms with Crippen LogP contribution in [0.2, 0.25) is 10.0 Å². The van der Waals surface area contributed by atoms with Gasteiger partial charge in [0.15, 0.2) is 5.69 Å². The molecule has 28 heavy (non-hydrogen) atoms. The van der Waals surface area contributed by atoms with Crippen LogP contribution < -0.4 is 5.14 Å². The van der Waals surface area contributed by atoms with E-state index >= 15 is 0 Å². The van der Waals surface area contributed by atoms with Gasteiger partial charge in [0.1, 0.15) is 0 Å². The van der Waals surface area contributed by atoms with E-state index in [-0.39, 0.29) is 26.3 Å². The summed E-state index contributed by atoms with van der Waals surface area (Å²) >= 11 is 12.2. The van der Waals surface area contributed by atoms with E-state index in [1.807, 2.05) is 0 Å². The van der Waals surface area contributed by atoms with Crippen molar-refractivity contribution in [1.29, 1.82) is 0 Å². The maximum absolute atomic E-state index is 13.2. The first-order valence-corrected chi connectivity index (χ1v) is 9.94. The molecule has 0 fully saturated rings. The second-order valence-electron chi connectivity index (χ2n) is 5.93. The number of hydrogen-bond acceptors (Lipinski definition) is 3. The number of nitrogens with two attached hydrogens (primary N) is 1. The molecule has 0 saturated carbocycles. The molecule has 0 aliphatic rings. The van der Waals surface area contributed by atoms with Gasteiger partial charge in [-0.2, -0.15) is 18.3 Å². The minimum atomic E-state index is -4.68. The third kappa shape index (κ3) is 4.02. The fourth-order valence-corrected chi connectivity index (χ4v) is 3.49. The van der Waals surface area contributed by atoms with Crippen LogP contribution in [0.15, 0.2) is 47.4 Å². The lowest BCUT2D eigenvalue weighted by Crippen LogP contribution is -2.12. The Kier molecular flexibility index (Phi) is 5.22. The van der Waals surface area contributed by atoms with E-state index in [0.29, 0.717) is 11.1 Å². The zero-order valence-corrected chi connectivity index (χ0v) is 16.5. The van der Waals surface area contributed by atoms with Crippen LogP contribution in [0.4, 0.5) is 13.2 Å². The summed E-state index contributed by atoms with van der Waals surface area (Å²) in [6.07, 6.45) is -4.68. The van der Waals surface area contributed by atoms with Gasteiger partial charge in [-0.15, -0.1) is 0 Å². The number of halogens is 5. The molecule has 0 amide bonds. The van der Waals surface area contributed by atoms with Crippen LogP contribution in [-0.4, -0.2) is 18.2 Å². The van der Waals surface area contributed by atoms with Crippen molar-refractivity contribution in [3.8, 4) is 16.9 Å². The van der Waals surface area contributed by atoms with Gasteiger partial charge in [0.05, 0.1) is 16.3 Å². The molecule has 0 aliphatic carbocycles. The summed E-state index contributed by atoms with van der Waals surface area (Å²) in [4.78, 5) is -0.178. The molecule has 0 unspecified atom stereocenters. The standard InChI is InChI=1S/C17H12Cl2F3N3O2S/c1-9-13(18)6-10(7-14(9)19)15-8-16(17(20,21)22)24-25(15)11-2-4-12(5-3-11)28(23,26)27/h2-8H,1H3,(H2,23,26,27). The Bertz CT molecular complexity index is 1130. The van der Waals surface area contributed by atoms with Gasteiger partial charge in [0.2, 0.25) is 10.0 Å². The zero-order valence-electron chi connectivity index (χ0n) is 14.1. The normalized spacial score (nSPS) is 12.4. The molecular formula is C17H12Cl2F3N3O2S. The van der Waals surface area contributed by atoms with Crippen LogP contribution in [0, 0.1) is 6.92 Å². The van der Waals surface area contributed by atoms with Gasteiger partial charge in [-0.25, -0.2) is 18.2 Å². The van der Waals surface area contributed by atoms with Crippen LogP contribution in [-0.2, 0) is 16.2 Å². The van der Waals surface area contributed by atoms with E-state index in [1.165, 1.54) is 36.4 Å². The highest BCUT2D eigenvalue weighted by molar-refractivity contribution is 7.89. The van der Waals surface area contributed by atoms with Gasteiger partial charge in [-0.3, -0.25) is 0 Å². The molecule has 2 N–H and O–H groups in total. The van der Waals surface area contributed by atoms with Crippen LogP contribution in [0.1, 0.15) is 11.3 Å². The summed E-state index contributed by atoms with van der Waals surface area (Å²) in [6, 6.07) is 8.79. The van der Waals surface area contributed by atoms with Gasteiger partial charge in [-0.1, -0.05) is 23.2 Å². The number of sulfonamides is 1. The van der Waals surface area contributed by atoms with Crippen molar-refractivity contribution in [3.05, 3.63) is 63.8 Å². The van der Waals surface area contributed by atoms with E-state index in [1.54, 1.807) is 6.92 Å². The van der Waals surface area contributed by atoms with Crippen molar-refractivity contribution in [2.45, 2.75) is 18.0 Å². The van der Waals surface area contributed by atoms with Crippen molar-refractivity contribution >= 4 is 33.2 Å². The molecule has 0 aliphatic heterocycles. The number of aromatic nitrogens is 2. The predicted octanol–water partition coefficient (Wildman–Crippen LogP) is 4.82. The Morgan fingerprint density at radius 2 is 1.57 bits per heavy atom. The Labute approximate surface area is 168 Å². The first-order valence-electron chi connectivity index (χ1n) is 7.64. The van der Waals surface area contributed by atoms with Crippen LogP contribution >= 0.6 is 23.2 Å². The lowest BCUT2D eigenvalue weighted by molar-refractivity contribution is -0.141. The third-order valence-electron chi connectivity index (χ3n) is 3.99. The Balaban J connectivity index is 2.22. The van der Waals surface area contributed by atoms with Gasteiger partial charge >= 0.3 is 6.18 Å². The van der Waals surface area contributed by atoms with E-state index in [9.17, 15) is 21.6 Å². The molecule has 0 bridgehead atoms. The van der Waals surface area contributed by atoms with E-state index in [0.717, 1.165) is 10.7 Å². The molecule has 3 aromatic rings. The average Bonchev–Trinajstić information content (AvgIpc) is 3.04. The highest BCUT2D eigenvalue weighted by Crippen LogP contribution is 2.36. The minimum absolute atomic E-state index is 0.0829. The van der Waals surface area contributed by atoms with Crippen LogP contribution in [0.5, 0.6) is 0 Å². The number of rotatable bonds is 3. The van der Waals surface area contributed by atoms with Gasteiger partial charge in [0.25, 0.3) is 0 Å². The van der Waals surface area contributed by atoms with Crippen molar-refractivity contribution in [1.82, 2.24) is 9.78 Å². The molecule has 5 nitrogen and oxygen atoms in total. The summed E-state index contributed by atoms with van der Waals surface area (Å²) in [5.41, 5.74) is 0.0712. The van der Waals surface area contributed by atoms with Gasteiger partial charge < -0.3 is 0 Å². The Morgan fingerprint density at radius 3 is 2.04 bits per heavy atom. The van der Waals surface area contributed by atoms with E-state index < -0.39 is 21.9 Å². The highest BCUT2D eigenvalue weighted by atomic mass is 35.5. The molecule has 0 spiro atoms. The number of nitrogens with zero attached hydrogens (tertiary/aromatic N) is 2. The first kappa shape index (κ1) is 20.7. The monoisotopic (exact) mass is 449 g/mol. The van der Waals surface area contributed by atoms with Gasteiger partial charge in [-0.05, 0) is 55.0 Å². The molecule has 2 aromatic carbocycles. The quantitative estimate of drug-likeness (QED) is 0.622. The van der Waals surface area contributed by atoms with Crippen molar-refractivity contribution in [2.24, 2.45) is 5.14 Å². The fourth-order valence-electron chi connectivity index (χ4n) is 2.49. The van der Waals surface area contributed by atoms with Crippen LogP contribution in [0.3, 0.4) is 0 Å². The molecule has 1 aromatic heterocycles. The number of hydrogen-bond donors (Lipinski definition) is 1. The maximum atomic E-state index is 13.2. The van der Waals surface area contributed by atoms with Crippen molar-refractivity contribution in [2.75, 3.05) is 0 Å². The SMILES string of the molecule is Cc1c(Cl)cc(-c2cc(C(F)(F)F)nn2-c2ccc(S(N)(=O)=O)cc2)cc1Cl. The van der Waals surface area contributed by atoms with Gasteiger partial charge in [0, 0.05) is 15.6 Å². The molecule has 11 heteroatoms. The number of benzene rings is 2. The molecule has 148 valence electrons. The first-order chi connectivity index (χ1) is 12.9. The lowest BCUT2D eigenvalue weighted by Gasteiger charge is -2.10. The smallest absolute Gasteiger partial charge is 0.233 e. The van der Waals surface area contributed by atoms with E-state index in [4.69, 9.17) is 28.3 Å². The lowest BCUT2D eigenvalue weighted by atomic mass is 10.1. The second-order valence-corrected chi connectivity index (χ2v) is 8.30. The zero-order chi connectivity index (χ0) is 20.9. The molecule has 0 atom stereocenters. The van der Waals surface area contributed by atoms with Crippen LogP contribution in [0.25, 0.3) is 16.9 Å². The van der Waals surface area contributed by atoms with E-state index in [2.05, 4.69) is 5.10 Å². The molecular weight excluding hydrogens is 438 g/mol. The largest absolute Gasteiger partial charge is 0.435 e. The summed E-state index contributed by atoms with van der Waals surface area (Å²) in [5.74, 6) is 0. The summed E-state index contributed by atoms with van der Waals surface area (Å²) in [5, 5.41) is 9.24. The fraction of sp³-hybridized carbons (Fsp3) is 0.118. The average molecular weight is 450 g/mol. The molecule has 1 heterocycles. The molecule has 0 radical (unpaired) electrons. The number of primary sulfonamides is 1. The predicted molar refractivity (Wildman–Crippen MR) is 100 cm³/mol. The topological polar surface area (TPSA) is 78.0 Å². The molecule has 3 rings (SSSR count). The highest BCUT2D eigenvalue weighted by Gasteiger charge is 2.35. The Hall–Kier alpha value is -2.07. The minimum Gasteiger partial charge on any atom is -0.233 e. The third-order valence-corrected chi connectivity index (χ3v) is 5.70. The molecule has 0 saturated heterocycles. The number of alkyl halides is 3. The summed E-state index contributed by atoms with van der Waals surface area (Å²) in [6.45, 7) is 1.68. The maximum Gasteiger partial charge on any atom is 0.435 e. The summed E-state index contributed by atoms with van der Waals surface area (Å²) < 4.78 is 63.5. The van der Waals surface area contributed by atoms with Crippen molar-refractivity contribution in [3.63, 3.8) is 0 Å². The van der Waals surface area contributed by atoms with Crippen molar-refractivity contribution < 1.29 is 21.6 Å². The second kappa shape index (κ2) is 7.07. The summed E-state index contributed by atoms with van der Waals surface area (Å²) in [7, 11) is -3.94.